The van der Waals surface area contributed by atoms with Crippen LogP contribution >= 0.6 is 0 Å². The van der Waals surface area contributed by atoms with E-state index in [2.05, 4.69) is 25.7 Å². The van der Waals surface area contributed by atoms with Crippen LogP contribution in [0.3, 0.4) is 0 Å². The van der Waals surface area contributed by atoms with Crippen LogP contribution < -0.4 is 0 Å². The Balaban J connectivity index is 2.07. The second kappa shape index (κ2) is 3.82. The van der Waals surface area contributed by atoms with Gasteiger partial charge in [-0.05, 0) is 38.6 Å². The molecule has 0 radical (unpaired) electrons. The molecular formula is C12H23NO. The first-order valence-electron chi connectivity index (χ1n) is 6.05. The van der Waals surface area contributed by atoms with E-state index < -0.39 is 0 Å². The van der Waals surface area contributed by atoms with Gasteiger partial charge in [-0.1, -0.05) is 13.8 Å². The van der Waals surface area contributed by atoms with Crippen molar-refractivity contribution in [3.63, 3.8) is 0 Å². The van der Waals surface area contributed by atoms with Crippen LogP contribution in [0, 0.1) is 5.92 Å². The van der Waals surface area contributed by atoms with Crippen molar-refractivity contribution in [2.75, 3.05) is 19.7 Å². The highest BCUT2D eigenvalue weighted by Crippen LogP contribution is 2.44. The maximum atomic E-state index is 5.77. The number of hydrogen-bond acceptors (Lipinski definition) is 2. The standard InChI is InChI=1S/C12H23NO/c1-4-14-11-8-12(10(2)3)6-5-7-13(12)9-11/h10-11H,4-9H2,1-3H3. The van der Waals surface area contributed by atoms with Crippen LogP contribution in [-0.2, 0) is 4.74 Å². The zero-order valence-electron chi connectivity index (χ0n) is 9.75. The molecule has 2 aliphatic heterocycles. The van der Waals surface area contributed by atoms with Gasteiger partial charge in [-0.25, -0.2) is 0 Å². The Hall–Kier alpha value is -0.0800. The molecule has 0 aromatic heterocycles. The highest BCUT2D eigenvalue weighted by atomic mass is 16.5. The van der Waals surface area contributed by atoms with Gasteiger partial charge in [0, 0.05) is 18.7 Å². The molecule has 2 nitrogen and oxygen atoms in total. The predicted molar refractivity (Wildman–Crippen MR) is 58.4 cm³/mol. The molecule has 0 N–H and O–H groups in total. The number of nitrogens with zero attached hydrogens (tertiary/aromatic N) is 1. The molecule has 14 heavy (non-hydrogen) atoms. The summed E-state index contributed by atoms with van der Waals surface area (Å²) >= 11 is 0. The number of rotatable bonds is 3. The van der Waals surface area contributed by atoms with Crippen LogP contribution in [0.15, 0.2) is 0 Å². The number of fused-ring (bicyclic) bond motifs is 1. The molecule has 2 rings (SSSR count). The van der Waals surface area contributed by atoms with Crippen LogP contribution in [0.2, 0.25) is 0 Å². The van der Waals surface area contributed by atoms with Gasteiger partial charge in [-0.3, -0.25) is 4.90 Å². The van der Waals surface area contributed by atoms with E-state index in [0.717, 1.165) is 12.5 Å². The summed E-state index contributed by atoms with van der Waals surface area (Å²) in [6.45, 7) is 10.2. The summed E-state index contributed by atoms with van der Waals surface area (Å²) in [7, 11) is 0. The van der Waals surface area contributed by atoms with Crippen molar-refractivity contribution >= 4 is 0 Å². The molecule has 0 bridgehead atoms. The lowest BCUT2D eigenvalue weighted by Crippen LogP contribution is -2.42. The van der Waals surface area contributed by atoms with E-state index in [9.17, 15) is 0 Å². The summed E-state index contributed by atoms with van der Waals surface area (Å²) in [5.41, 5.74) is 0.486. The van der Waals surface area contributed by atoms with Crippen molar-refractivity contribution < 1.29 is 4.74 Å². The van der Waals surface area contributed by atoms with Crippen LogP contribution in [0.5, 0.6) is 0 Å². The molecule has 0 aliphatic carbocycles. The lowest BCUT2D eigenvalue weighted by atomic mass is 9.82. The second-order valence-corrected chi connectivity index (χ2v) is 5.09. The van der Waals surface area contributed by atoms with Gasteiger partial charge in [-0.2, -0.15) is 0 Å². The molecular weight excluding hydrogens is 174 g/mol. The average molecular weight is 197 g/mol. The van der Waals surface area contributed by atoms with Crippen molar-refractivity contribution in [3.05, 3.63) is 0 Å². The molecule has 2 heteroatoms. The first-order valence-corrected chi connectivity index (χ1v) is 6.05. The van der Waals surface area contributed by atoms with Gasteiger partial charge in [0.25, 0.3) is 0 Å². The normalized spacial score (nSPS) is 38.1. The van der Waals surface area contributed by atoms with Crippen LogP contribution in [0.25, 0.3) is 0 Å². The summed E-state index contributed by atoms with van der Waals surface area (Å²) in [5.74, 6) is 0.774. The Bertz CT molecular complexity index is 204. The van der Waals surface area contributed by atoms with Gasteiger partial charge < -0.3 is 4.74 Å². The Labute approximate surface area is 87.6 Å². The molecule has 2 unspecified atom stereocenters. The van der Waals surface area contributed by atoms with Gasteiger partial charge in [0.15, 0.2) is 0 Å². The maximum absolute atomic E-state index is 5.77. The molecule has 0 amide bonds. The largest absolute Gasteiger partial charge is 0.377 e. The van der Waals surface area contributed by atoms with Gasteiger partial charge in [-0.15, -0.1) is 0 Å². The van der Waals surface area contributed by atoms with Gasteiger partial charge in [0.05, 0.1) is 6.10 Å². The SMILES string of the molecule is CCOC1CN2CCCC2(C(C)C)C1. The Morgan fingerprint density at radius 1 is 1.50 bits per heavy atom. The Kier molecular flexibility index (Phi) is 2.85. The lowest BCUT2D eigenvalue weighted by molar-refractivity contribution is 0.0666. The molecule has 2 saturated heterocycles. The minimum absolute atomic E-state index is 0.486. The van der Waals surface area contributed by atoms with Crippen LogP contribution in [0.4, 0.5) is 0 Å². The van der Waals surface area contributed by atoms with E-state index >= 15 is 0 Å². The van der Waals surface area contributed by atoms with Crippen molar-refractivity contribution in [2.24, 2.45) is 5.92 Å². The molecule has 0 aromatic carbocycles. The molecule has 0 aromatic rings. The van der Waals surface area contributed by atoms with Crippen molar-refractivity contribution in [3.8, 4) is 0 Å². The fraction of sp³-hybridized carbons (Fsp3) is 1.00. The van der Waals surface area contributed by atoms with Gasteiger partial charge >= 0.3 is 0 Å². The zero-order valence-corrected chi connectivity index (χ0v) is 9.75. The maximum Gasteiger partial charge on any atom is 0.0719 e. The lowest BCUT2D eigenvalue weighted by Gasteiger charge is -2.35. The fourth-order valence-corrected chi connectivity index (χ4v) is 3.40. The van der Waals surface area contributed by atoms with E-state index in [1.54, 1.807) is 0 Å². The molecule has 2 fully saturated rings. The van der Waals surface area contributed by atoms with E-state index in [-0.39, 0.29) is 0 Å². The predicted octanol–water partition coefficient (Wildman–Crippen LogP) is 2.29. The summed E-state index contributed by atoms with van der Waals surface area (Å²) in [6.07, 6.45) is 4.53. The second-order valence-electron chi connectivity index (χ2n) is 5.09. The van der Waals surface area contributed by atoms with Gasteiger partial charge in [0.2, 0.25) is 0 Å². The van der Waals surface area contributed by atoms with E-state index in [4.69, 9.17) is 4.74 Å². The summed E-state index contributed by atoms with van der Waals surface area (Å²) < 4.78 is 5.77. The topological polar surface area (TPSA) is 12.5 Å². The number of ether oxygens (including phenoxy) is 1. The minimum Gasteiger partial charge on any atom is -0.377 e. The molecule has 0 saturated carbocycles. The van der Waals surface area contributed by atoms with Crippen molar-refractivity contribution in [1.29, 1.82) is 0 Å². The molecule has 82 valence electrons. The summed E-state index contributed by atoms with van der Waals surface area (Å²) in [4.78, 5) is 2.68. The van der Waals surface area contributed by atoms with Gasteiger partial charge in [0.1, 0.15) is 0 Å². The quantitative estimate of drug-likeness (QED) is 0.688. The van der Waals surface area contributed by atoms with Crippen LogP contribution in [0.1, 0.15) is 40.0 Å². The smallest absolute Gasteiger partial charge is 0.0719 e. The molecule has 0 spiro atoms. The third-order valence-electron chi connectivity index (χ3n) is 4.15. The minimum atomic E-state index is 0.486. The first kappa shape index (κ1) is 10.4. The Morgan fingerprint density at radius 2 is 2.29 bits per heavy atom. The van der Waals surface area contributed by atoms with E-state index in [1.807, 2.05) is 0 Å². The molecule has 2 atom stereocenters. The van der Waals surface area contributed by atoms with Crippen molar-refractivity contribution in [2.45, 2.75) is 51.7 Å². The van der Waals surface area contributed by atoms with Crippen molar-refractivity contribution in [1.82, 2.24) is 4.90 Å². The Morgan fingerprint density at radius 3 is 2.86 bits per heavy atom. The summed E-state index contributed by atoms with van der Waals surface area (Å²) in [6, 6.07) is 0. The third kappa shape index (κ3) is 1.49. The number of hydrogen-bond donors (Lipinski definition) is 0. The van der Waals surface area contributed by atoms with Crippen LogP contribution in [-0.4, -0.2) is 36.2 Å². The first-order chi connectivity index (χ1) is 6.69. The molecule has 2 aliphatic rings. The van der Waals surface area contributed by atoms with E-state index in [0.29, 0.717) is 11.6 Å². The zero-order chi connectivity index (χ0) is 10.2. The highest BCUT2D eigenvalue weighted by Gasteiger charge is 2.50. The average Bonchev–Trinajstić information content (AvgIpc) is 2.60. The third-order valence-corrected chi connectivity index (χ3v) is 4.15. The fourth-order valence-electron chi connectivity index (χ4n) is 3.40. The summed E-state index contributed by atoms with van der Waals surface area (Å²) in [5, 5.41) is 0. The monoisotopic (exact) mass is 197 g/mol. The van der Waals surface area contributed by atoms with E-state index in [1.165, 1.54) is 32.4 Å². The highest BCUT2D eigenvalue weighted by molar-refractivity contribution is 5.05. The molecule has 2 heterocycles.